The van der Waals surface area contributed by atoms with Gasteiger partial charge in [-0.2, -0.15) is 0 Å². The maximum Gasteiger partial charge on any atom is 0.401 e. The third-order valence-electron chi connectivity index (χ3n) is 6.88. The summed E-state index contributed by atoms with van der Waals surface area (Å²) in [5, 5.41) is 0. The number of imidazole rings is 1. The van der Waals surface area contributed by atoms with Gasteiger partial charge in [0.05, 0.1) is 6.54 Å². The number of rotatable bonds is 6. The minimum atomic E-state index is -0.564. The number of aliphatic imine (C=N–C) groups is 1. The topological polar surface area (TPSA) is 65.0 Å². The van der Waals surface area contributed by atoms with Crippen LogP contribution < -0.4 is 4.57 Å². The molecule has 2 fully saturated rings. The highest BCUT2D eigenvalue weighted by atomic mass is 16.2. The van der Waals surface area contributed by atoms with E-state index in [0.717, 1.165) is 44.2 Å². The lowest BCUT2D eigenvalue weighted by Crippen LogP contribution is -2.63. The van der Waals surface area contributed by atoms with Gasteiger partial charge in [-0.3, -0.25) is 14.6 Å². The molecule has 32 heavy (non-hydrogen) atoms. The van der Waals surface area contributed by atoms with Crippen LogP contribution in [0.1, 0.15) is 36.6 Å². The van der Waals surface area contributed by atoms with E-state index in [1.165, 1.54) is 29.7 Å². The lowest BCUT2D eigenvalue weighted by atomic mass is 10.1. The van der Waals surface area contributed by atoms with Crippen molar-refractivity contribution >= 4 is 23.7 Å². The molecule has 0 saturated carbocycles. The van der Waals surface area contributed by atoms with Crippen molar-refractivity contribution in [3.63, 3.8) is 0 Å². The largest absolute Gasteiger partial charge is 0.401 e. The highest BCUT2D eigenvalue weighted by molar-refractivity contribution is 6.19. The minimum Gasteiger partial charge on any atom is -0.302 e. The normalized spacial score (nSPS) is 21.1. The number of piperidine rings is 1. The monoisotopic (exact) mass is 435 g/mol. The molecule has 1 aromatic heterocycles. The number of amides is 3. The van der Waals surface area contributed by atoms with E-state index in [-0.39, 0.29) is 11.9 Å². The number of carbonyl (C=O) groups is 2. The first-order valence-corrected chi connectivity index (χ1v) is 11.6. The number of carbonyl (C=O) groups excluding carboxylic acids is 2. The summed E-state index contributed by atoms with van der Waals surface area (Å²) in [6, 6.07) is 9.50. The van der Waals surface area contributed by atoms with Crippen LogP contribution in [0.3, 0.4) is 0 Å². The van der Waals surface area contributed by atoms with Gasteiger partial charge in [0.25, 0.3) is 5.91 Å². The predicted octanol–water partition coefficient (Wildman–Crippen LogP) is 2.29. The molecular formula is C24H31N6O2+. The number of urea groups is 1. The van der Waals surface area contributed by atoms with Gasteiger partial charge >= 0.3 is 12.0 Å². The zero-order valence-electron chi connectivity index (χ0n) is 18.9. The Morgan fingerprint density at radius 3 is 2.53 bits per heavy atom. The zero-order chi connectivity index (χ0) is 22.2. The van der Waals surface area contributed by atoms with Crippen molar-refractivity contribution in [1.82, 2.24) is 19.3 Å². The third kappa shape index (κ3) is 3.62. The van der Waals surface area contributed by atoms with E-state index >= 15 is 0 Å². The van der Waals surface area contributed by atoms with Crippen LogP contribution in [0.4, 0.5) is 10.7 Å². The van der Waals surface area contributed by atoms with Crippen molar-refractivity contribution in [3.8, 4) is 0 Å². The molecule has 2 saturated heterocycles. The van der Waals surface area contributed by atoms with Gasteiger partial charge < -0.3 is 4.90 Å². The predicted molar refractivity (Wildman–Crippen MR) is 121 cm³/mol. The van der Waals surface area contributed by atoms with Gasteiger partial charge in [0.1, 0.15) is 11.9 Å². The Balaban J connectivity index is 1.37. The minimum absolute atomic E-state index is 0.173. The van der Waals surface area contributed by atoms with Crippen LogP contribution in [0, 0.1) is 6.92 Å². The number of hydrogen-bond acceptors (Lipinski definition) is 4. The maximum atomic E-state index is 13.4. The van der Waals surface area contributed by atoms with E-state index in [2.05, 4.69) is 21.6 Å². The van der Waals surface area contributed by atoms with Crippen LogP contribution in [0.5, 0.6) is 0 Å². The van der Waals surface area contributed by atoms with E-state index in [1.807, 2.05) is 35.9 Å². The first-order chi connectivity index (χ1) is 15.5. The Morgan fingerprint density at radius 2 is 1.78 bits per heavy atom. The van der Waals surface area contributed by atoms with Crippen LogP contribution in [-0.2, 0) is 17.8 Å². The highest BCUT2D eigenvalue weighted by Crippen LogP contribution is 2.29. The molecule has 2 aromatic rings. The molecule has 1 atom stereocenters. The summed E-state index contributed by atoms with van der Waals surface area (Å²) in [5.74, 6) is 1.09. The second-order valence-electron chi connectivity index (χ2n) is 8.97. The second kappa shape index (κ2) is 8.50. The van der Waals surface area contributed by atoms with E-state index in [4.69, 9.17) is 4.99 Å². The Labute approximate surface area is 188 Å². The molecule has 0 N–H and O–H groups in total. The van der Waals surface area contributed by atoms with Gasteiger partial charge in [0, 0.05) is 26.6 Å². The van der Waals surface area contributed by atoms with Crippen molar-refractivity contribution in [3.05, 3.63) is 47.8 Å². The number of benzene rings is 1. The summed E-state index contributed by atoms with van der Waals surface area (Å²) < 4.78 is 4.08. The Morgan fingerprint density at radius 1 is 1.03 bits per heavy atom. The van der Waals surface area contributed by atoms with E-state index in [9.17, 15) is 9.59 Å². The quantitative estimate of drug-likeness (QED) is 0.654. The molecule has 1 aromatic carbocycles. The second-order valence-corrected chi connectivity index (χ2v) is 8.97. The molecule has 3 aliphatic heterocycles. The summed E-state index contributed by atoms with van der Waals surface area (Å²) in [4.78, 5) is 36.5. The molecular weight excluding hydrogens is 404 g/mol. The number of imide groups is 1. The van der Waals surface area contributed by atoms with E-state index in [1.54, 1.807) is 11.9 Å². The molecule has 4 heterocycles. The zero-order valence-corrected chi connectivity index (χ0v) is 18.9. The Hall–Kier alpha value is -3.00. The lowest BCUT2D eigenvalue weighted by molar-refractivity contribution is -0.677. The smallest absolute Gasteiger partial charge is 0.302 e. The lowest BCUT2D eigenvalue weighted by Gasteiger charge is -2.35. The summed E-state index contributed by atoms with van der Waals surface area (Å²) >= 11 is 0. The summed E-state index contributed by atoms with van der Waals surface area (Å²) in [7, 11) is 1.72. The van der Waals surface area contributed by atoms with Crippen LogP contribution in [0.15, 0.2) is 41.5 Å². The first-order valence-electron chi connectivity index (χ1n) is 11.6. The third-order valence-corrected chi connectivity index (χ3v) is 6.88. The van der Waals surface area contributed by atoms with Crippen LogP contribution in [0.25, 0.3) is 0 Å². The van der Waals surface area contributed by atoms with Gasteiger partial charge in [-0.1, -0.05) is 41.7 Å². The van der Waals surface area contributed by atoms with E-state index in [0.29, 0.717) is 12.4 Å². The van der Waals surface area contributed by atoms with Gasteiger partial charge in [-0.15, -0.1) is 0 Å². The molecule has 8 nitrogen and oxygen atoms in total. The average Bonchev–Trinajstić information content (AvgIpc) is 3.32. The SMILES string of the molecule is Cc1c[n+]2c(n1CCc1ccccc1)N=C1C2C(=O)N(CCN2CCCCC2)C(=O)N1C. The first kappa shape index (κ1) is 20.9. The highest BCUT2D eigenvalue weighted by Gasteiger charge is 2.53. The molecule has 3 aliphatic rings. The van der Waals surface area contributed by atoms with Crippen molar-refractivity contribution in [2.75, 3.05) is 33.2 Å². The summed E-state index contributed by atoms with van der Waals surface area (Å²) in [6.07, 6.45) is 6.52. The number of fused-ring (bicyclic) bond motifs is 3. The van der Waals surface area contributed by atoms with Crippen LogP contribution in [0.2, 0.25) is 0 Å². The summed E-state index contributed by atoms with van der Waals surface area (Å²) in [6.45, 7) is 6.07. The van der Waals surface area contributed by atoms with Crippen molar-refractivity contribution in [2.24, 2.45) is 4.99 Å². The number of amidine groups is 1. The standard InChI is InChI=1S/C24H31N6O2/c1-18-17-30-20-21(25-23(30)28(18)14-11-19-9-5-3-6-10-19)26(2)24(32)29(22(20)31)16-15-27-12-7-4-8-13-27/h3,5-6,9-10,17,20H,4,7-8,11-16H2,1-2H3/q+1. The van der Waals surface area contributed by atoms with Gasteiger partial charge in [-0.25, -0.2) is 13.9 Å². The molecule has 1 unspecified atom stereocenters. The fraction of sp³-hybridized carbons (Fsp3) is 0.500. The summed E-state index contributed by atoms with van der Waals surface area (Å²) in [5.41, 5.74) is 2.32. The molecule has 0 spiro atoms. The van der Waals surface area contributed by atoms with Crippen LogP contribution in [-0.4, -0.2) is 70.3 Å². The van der Waals surface area contributed by atoms with E-state index < -0.39 is 6.04 Å². The number of likely N-dealkylation sites (tertiary alicyclic amines) is 1. The molecule has 168 valence electrons. The van der Waals surface area contributed by atoms with Gasteiger partial charge in [0.15, 0.2) is 0 Å². The van der Waals surface area contributed by atoms with Crippen molar-refractivity contribution < 1.29 is 14.2 Å². The van der Waals surface area contributed by atoms with Gasteiger partial charge in [0.2, 0.25) is 11.9 Å². The molecule has 8 heteroatoms. The average molecular weight is 436 g/mol. The maximum absolute atomic E-state index is 13.4. The number of hydrogen-bond donors (Lipinski definition) is 0. The Kier molecular flexibility index (Phi) is 5.55. The molecule has 0 bridgehead atoms. The van der Waals surface area contributed by atoms with Crippen molar-refractivity contribution in [1.29, 1.82) is 0 Å². The molecule has 3 amide bonds. The molecule has 0 radical (unpaired) electrons. The number of aryl methyl sites for hydroxylation is 2. The van der Waals surface area contributed by atoms with Crippen LogP contribution >= 0.6 is 0 Å². The van der Waals surface area contributed by atoms with Crippen molar-refractivity contribution in [2.45, 2.75) is 45.2 Å². The Bertz CT molecular complexity index is 1050. The number of aromatic nitrogens is 2. The number of likely N-dealkylation sites (N-methyl/N-ethyl adjacent to an activating group) is 1. The van der Waals surface area contributed by atoms with Gasteiger partial charge in [-0.05, 0) is 38.4 Å². The fourth-order valence-corrected chi connectivity index (χ4v) is 5.02. The fourth-order valence-electron chi connectivity index (χ4n) is 5.02. The molecule has 0 aliphatic carbocycles. The number of nitrogens with zero attached hydrogens (tertiary/aromatic N) is 6. The molecule has 5 rings (SSSR count).